The molecule has 1 amide bonds. The van der Waals surface area contributed by atoms with Crippen LogP contribution < -0.4 is 10.6 Å². The summed E-state index contributed by atoms with van der Waals surface area (Å²) in [5.74, 6) is -0.836. The highest BCUT2D eigenvalue weighted by Gasteiger charge is 2.30. The Balaban J connectivity index is 2.13. The molecule has 0 spiro atoms. The molecule has 0 unspecified atom stereocenters. The third kappa shape index (κ3) is 5.01. The van der Waals surface area contributed by atoms with Gasteiger partial charge < -0.3 is 10.6 Å². The zero-order valence-corrected chi connectivity index (χ0v) is 14.2. The number of rotatable bonds is 4. The van der Waals surface area contributed by atoms with Crippen LogP contribution in [0.15, 0.2) is 54.2 Å². The van der Waals surface area contributed by atoms with E-state index in [2.05, 4.69) is 10.6 Å². The van der Waals surface area contributed by atoms with Crippen molar-refractivity contribution in [2.75, 3.05) is 10.6 Å². The SMILES string of the molecule is Cc1ccc(N/C=C(/C#N)C(=O)Nc2cccc(C(F)(F)F)c2)cc1Cl. The molecule has 0 aromatic heterocycles. The average molecular weight is 380 g/mol. The molecule has 0 aliphatic carbocycles. The Bertz CT molecular complexity index is 901. The molecule has 0 saturated carbocycles. The summed E-state index contributed by atoms with van der Waals surface area (Å²) in [6.45, 7) is 1.82. The fourth-order valence-corrected chi connectivity index (χ4v) is 2.14. The number of nitriles is 1. The minimum Gasteiger partial charge on any atom is -0.360 e. The van der Waals surface area contributed by atoms with Gasteiger partial charge in [0.25, 0.3) is 5.91 Å². The van der Waals surface area contributed by atoms with Crippen LogP contribution in [0.1, 0.15) is 11.1 Å². The van der Waals surface area contributed by atoms with Crippen molar-refractivity contribution in [1.29, 1.82) is 5.26 Å². The van der Waals surface area contributed by atoms with Crippen LogP contribution in [0.2, 0.25) is 5.02 Å². The number of benzene rings is 2. The number of nitrogens with zero attached hydrogens (tertiary/aromatic N) is 1. The van der Waals surface area contributed by atoms with Crippen molar-refractivity contribution in [3.63, 3.8) is 0 Å². The third-order valence-electron chi connectivity index (χ3n) is 3.37. The van der Waals surface area contributed by atoms with Crippen LogP contribution in [-0.2, 0) is 11.0 Å². The van der Waals surface area contributed by atoms with E-state index < -0.39 is 17.6 Å². The first kappa shape index (κ1) is 19.3. The molecule has 0 atom stereocenters. The number of alkyl halides is 3. The summed E-state index contributed by atoms with van der Waals surface area (Å²) < 4.78 is 38.1. The molecule has 0 fully saturated rings. The van der Waals surface area contributed by atoms with E-state index in [1.54, 1.807) is 24.3 Å². The topological polar surface area (TPSA) is 64.9 Å². The summed E-state index contributed by atoms with van der Waals surface area (Å²) >= 11 is 5.99. The quantitative estimate of drug-likeness (QED) is 0.572. The molecule has 134 valence electrons. The van der Waals surface area contributed by atoms with Gasteiger partial charge >= 0.3 is 6.18 Å². The third-order valence-corrected chi connectivity index (χ3v) is 3.78. The van der Waals surface area contributed by atoms with E-state index in [0.29, 0.717) is 10.7 Å². The fourth-order valence-electron chi connectivity index (χ4n) is 1.96. The second kappa shape index (κ2) is 7.93. The Hall–Kier alpha value is -2.98. The molecular weight excluding hydrogens is 367 g/mol. The summed E-state index contributed by atoms with van der Waals surface area (Å²) in [7, 11) is 0. The van der Waals surface area contributed by atoms with Crippen molar-refractivity contribution in [3.05, 3.63) is 70.4 Å². The molecule has 0 aliphatic rings. The average Bonchev–Trinajstić information content (AvgIpc) is 2.58. The number of hydrogen-bond acceptors (Lipinski definition) is 3. The summed E-state index contributed by atoms with van der Waals surface area (Å²) in [4.78, 5) is 12.1. The molecule has 0 heterocycles. The van der Waals surface area contributed by atoms with Crippen molar-refractivity contribution in [2.45, 2.75) is 13.1 Å². The minimum atomic E-state index is -4.53. The molecule has 2 rings (SSSR count). The molecule has 0 bridgehead atoms. The highest BCUT2D eigenvalue weighted by molar-refractivity contribution is 6.31. The smallest absolute Gasteiger partial charge is 0.360 e. The van der Waals surface area contributed by atoms with E-state index in [-0.39, 0.29) is 11.3 Å². The molecule has 0 aliphatic heterocycles. The molecule has 0 radical (unpaired) electrons. The van der Waals surface area contributed by atoms with Crippen molar-refractivity contribution in [1.82, 2.24) is 0 Å². The van der Waals surface area contributed by atoms with E-state index in [1.165, 1.54) is 12.1 Å². The second-order valence-corrected chi connectivity index (χ2v) is 5.72. The van der Waals surface area contributed by atoms with Crippen molar-refractivity contribution in [3.8, 4) is 6.07 Å². The molecular formula is C18H13ClF3N3O. The van der Waals surface area contributed by atoms with E-state index >= 15 is 0 Å². The lowest BCUT2D eigenvalue weighted by atomic mass is 10.2. The zero-order chi connectivity index (χ0) is 19.3. The Labute approximate surface area is 152 Å². The lowest BCUT2D eigenvalue weighted by Gasteiger charge is -2.10. The van der Waals surface area contributed by atoms with Gasteiger partial charge in [-0.3, -0.25) is 4.79 Å². The van der Waals surface area contributed by atoms with Crippen LogP contribution >= 0.6 is 11.6 Å². The zero-order valence-electron chi connectivity index (χ0n) is 13.5. The van der Waals surface area contributed by atoms with Gasteiger partial charge in [-0.15, -0.1) is 0 Å². The normalized spacial score (nSPS) is 11.6. The predicted molar refractivity (Wildman–Crippen MR) is 93.6 cm³/mol. The Morgan fingerprint density at radius 2 is 1.92 bits per heavy atom. The summed E-state index contributed by atoms with van der Waals surface area (Å²) in [6, 6.07) is 10.9. The molecule has 2 N–H and O–H groups in total. The number of amides is 1. The van der Waals surface area contributed by atoms with Gasteiger partial charge in [-0.1, -0.05) is 23.7 Å². The van der Waals surface area contributed by atoms with Gasteiger partial charge in [0.1, 0.15) is 11.6 Å². The van der Waals surface area contributed by atoms with Crippen LogP contribution in [-0.4, -0.2) is 5.91 Å². The van der Waals surface area contributed by atoms with Gasteiger partial charge in [0.05, 0.1) is 5.56 Å². The first-order chi connectivity index (χ1) is 12.2. The predicted octanol–water partition coefficient (Wildman–Crippen LogP) is 5.13. The lowest BCUT2D eigenvalue weighted by molar-refractivity contribution is -0.137. The number of anilines is 2. The Kier molecular flexibility index (Phi) is 5.90. The van der Waals surface area contributed by atoms with Crippen LogP contribution in [0.5, 0.6) is 0 Å². The minimum absolute atomic E-state index is 0.0654. The number of hydrogen-bond donors (Lipinski definition) is 2. The number of carbonyl (C=O) groups is 1. The van der Waals surface area contributed by atoms with E-state index in [4.69, 9.17) is 16.9 Å². The van der Waals surface area contributed by atoms with Gasteiger partial charge in [-0.2, -0.15) is 18.4 Å². The Morgan fingerprint density at radius 3 is 2.54 bits per heavy atom. The molecule has 4 nitrogen and oxygen atoms in total. The summed E-state index contributed by atoms with van der Waals surface area (Å²) in [6.07, 6.45) is -3.37. The second-order valence-electron chi connectivity index (χ2n) is 5.31. The maximum atomic E-state index is 12.7. The first-order valence-electron chi connectivity index (χ1n) is 7.32. The molecule has 2 aromatic carbocycles. The summed E-state index contributed by atoms with van der Waals surface area (Å²) in [5, 5.41) is 14.6. The van der Waals surface area contributed by atoms with E-state index in [1.807, 2.05) is 6.92 Å². The fraction of sp³-hybridized carbons (Fsp3) is 0.111. The van der Waals surface area contributed by atoms with Crippen LogP contribution in [0.4, 0.5) is 24.5 Å². The van der Waals surface area contributed by atoms with E-state index in [0.717, 1.165) is 23.9 Å². The van der Waals surface area contributed by atoms with E-state index in [9.17, 15) is 18.0 Å². The molecule has 8 heteroatoms. The number of aryl methyl sites for hydroxylation is 1. The van der Waals surface area contributed by atoms with Crippen LogP contribution in [0, 0.1) is 18.3 Å². The first-order valence-corrected chi connectivity index (χ1v) is 7.70. The van der Waals surface area contributed by atoms with Crippen LogP contribution in [0.25, 0.3) is 0 Å². The monoisotopic (exact) mass is 379 g/mol. The maximum Gasteiger partial charge on any atom is 0.416 e. The number of carbonyl (C=O) groups excluding carboxylic acids is 1. The highest BCUT2D eigenvalue weighted by Crippen LogP contribution is 2.30. The van der Waals surface area contributed by atoms with Crippen molar-refractivity contribution in [2.24, 2.45) is 0 Å². The number of halogens is 4. The van der Waals surface area contributed by atoms with Gasteiger partial charge in [0.15, 0.2) is 0 Å². The molecule has 26 heavy (non-hydrogen) atoms. The van der Waals surface area contributed by atoms with Gasteiger partial charge in [-0.05, 0) is 42.8 Å². The van der Waals surface area contributed by atoms with Crippen molar-refractivity contribution >= 4 is 28.9 Å². The number of nitrogens with one attached hydrogen (secondary N) is 2. The standard InChI is InChI=1S/C18H13ClF3N3O/c1-11-5-6-14(8-16(11)19)24-10-12(9-23)17(26)25-15-4-2-3-13(7-15)18(20,21)22/h2-8,10,24H,1H3,(H,25,26)/b12-10-. The van der Waals surface area contributed by atoms with Gasteiger partial charge in [-0.25, -0.2) is 0 Å². The van der Waals surface area contributed by atoms with Crippen LogP contribution in [0.3, 0.4) is 0 Å². The van der Waals surface area contributed by atoms with Gasteiger partial charge in [0.2, 0.25) is 0 Å². The lowest BCUT2D eigenvalue weighted by Crippen LogP contribution is -2.15. The van der Waals surface area contributed by atoms with Crippen molar-refractivity contribution < 1.29 is 18.0 Å². The molecule has 2 aromatic rings. The van der Waals surface area contributed by atoms with Gasteiger partial charge in [0, 0.05) is 22.6 Å². The maximum absolute atomic E-state index is 12.7. The molecule has 0 saturated heterocycles. The largest absolute Gasteiger partial charge is 0.416 e. The Morgan fingerprint density at radius 1 is 1.19 bits per heavy atom. The summed E-state index contributed by atoms with van der Waals surface area (Å²) in [5.41, 5.74) is 0.151. The highest BCUT2D eigenvalue weighted by atomic mass is 35.5.